The van der Waals surface area contributed by atoms with Gasteiger partial charge in [0.05, 0.1) is 13.0 Å². The average Bonchev–Trinajstić information content (AvgIpc) is 2.52. The lowest BCUT2D eigenvalue weighted by atomic mass is 10.1. The summed E-state index contributed by atoms with van der Waals surface area (Å²) < 4.78 is 18.5. The summed E-state index contributed by atoms with van der Waals surface area (Å²) in [7, 11) is 0. The molecule has 2 aromatic rings. The van der Waals surface area contributed by atoms with Gasteiger partial charge in [-0.15, -0.1) is 0 Å². The topological polar surface area (TPSA) is 38.3 Å². The summed E-state index contributed by atoms with van der Waals surface area (Å²) in [5, 5.41) is 2.72. The van der Waals surface area contributed by atoms with E-state index in [0.29, 0.717) is 6.42 Å². The largest absolute Gasteiger partial charge is 0.478 e. The zero-order valence-electron chi connectivity index (χ0n) is 12.9. The monoisotopic (exact) mass is 311 g/mol. The lowest BCUT2D eigenvalue weighted by molar-refractivity contribution is -0.120. The molecule has 2 rings (SSSR count). The molecule has 0 aliphatic carbocycles. The second-order valence-electron chi connectivity index (χ2n) is 5.02. The number of halogens is 1. The van der Waals surface area contributed by atoms with Crippen molar-refractivity contribution in [2.45, 2.75) is 13.3 Å². The molecule has 0 spiro atoms. The predicted octanol–water partition coefficient (Wildman–Crippen LogP) is 2.88. The Morgan fingerprint density at radius 2 is 2.00 bits per heavy atom. The minimum Gasteiger partial charge on any atom is -0.478 e. The summed E-state index contributed by atoms with van der Waals surface area (Å²) in [5.41, 5.74) is 2.10. The van der Waals surface area contributed by atoms with Gasteiger partial charge in [0.2, 0.25) is 5.91 Å². The molecular formula is C19H18FNO2. The maximum absolute atomic E-state index is 13.3. The van der Waals surface area contributed by atoms with E-state index >= 15 is 0 Å². The van der Waals surface area contributed by atoms with Gasteiger partial charge in [-0.1, -0.05) is 53.8 Å². The zero-order chi connectivity index (χ0) is 16.5. The number of para-hydroxylation sites is 1. The number of benzene rings is 2. The molecule has 0 aliphatic heterocycles. The normalized spacial score (nSPS) is 9.65. The van der Waals surface area contributed by atoms with E-state index in [1.807, 2.05) is 31.2 Å². The number of carbonyl (C=O) groups excluding carboxylic acids is 1. The van der Waals surface area contributed by atoms with Gasteiger partial charge in [-0.2, -0.15) is 0 Å². The smallest absolute Gasteiger partial charge is 0.225 e. The fourth-order valence-corrected chi connectivity index (χ4v) is 2.00. The lowest BCUT2D eigenvalue weighted by Gasteiger charge is -2.03. The summed E-state index contributed by atoms with van der Waals surface area (Å²) in [5.74, 6) is 5.18. The van der Waals surface area contributed by atoms with Crippen molar-refractivity contribution in [3.63, 3.8) is 0 Å². The van der Waals surface area contributed by atoms with Crippen LogP contribution in [0.5, 0.6) is 5.75 Å². The molecule has 23 heavy (non-hydrogen) atoms. The average molecular weight is 311 g/mol. The highest BCUT2D eigenvalue weighted by molar-refractivity contribution is 5.78. The van der Waals surface area contributed by atoms with Gasteiger partial charge in [0.1, 0.15) is 6.61 Å². The first-order chi connectivity index (χ1) is 11.1. The number of ether oxygens (including phenoxy) is 1. The molecule has 0 aromatic heterocycles. The Morgan fingerprint density at radius 1 is 1.17 bits per heavy atom. The molecule has 1 N–H and O–H groups in total. The number of hydrogen-bond donors (Lipinski definition) is 1. The van der Waals surface area contributed by atoms with Crippen molar-refractivity contribution in [1.29, 1.82) is 0 Å². The second kappa shape index (κ2) is 8.60. The molecule has 118 valence electrons. The highest BCUT2D eigenvalue weighted by atomic mass is 19.1. The van der Waals surface area contributed by atoms with Crippen LogP contribution in [-0.4, -0.2) is 19.1 Å². The summed E-state index contributed by atoms with van der Waals surface area (Å²) in [4.78, 5) is 11.8. The maximum atomic E-state index is 13.3. The van der Waals surface area contributed by atoms with Gasteiger partial charge < -0.3 is 10.1 Å². The molecule has 0 saturated heterocycles. The first kappa shape index (κ1) is 16.6. The third-order valence-electron chi connectivity index (χ3n) is 3.08. The highest BCUT2D eigenvalue weighted by Gasteiger charge is 2.02. The van der Waals surface area contributed by atoms with Crippen LogP contribution in [0, 0.1) is 24.6 Å². The Hall–Kier alpha value is -2.80. The Bertz CT molecular complexity index is 731. The van der Waals surface area contributed by atoms with Crippen molar-refractivity contribution in [2.75, 3.05) is 13.2 Å². The fraction of sp³-hybridized carbons (Fsp3) is 0.211. The molecule has 1 amide bonds. The first-order valence-corrected chi connectivity index (χ1v) is 7.30. The Kier molecular flexibility index (Phi) is 6.19. The number of rotatable bonds is 5. The third-order valence-corrected chi connectivity index (χ3v) is 3.08. The minimum atomic E-state index is -0.416. The van der Waals surface area contributed by atoms with Gasteiger partial charge in [0, 0.05) is 0 Å². The maximum Gasteiger partial charge on any atom is 0.225 e. The van der Waals surface area contributed by atoms with Crippen LogP contribution in [0.25, 0.3) is 0 Å². The van der Waals surface area contributed by atoms with Crippen LogP contribution in [0.15, 0.2) is 48.5 Å². The number of nitrogens with one attached hydrogen (secondary N) is 1. The van der Waals surface area contributed by atoms with Crippen LogP contribution < -0.4 is 10.1 Å². The fourth-order valence-electron chi connectivity index (χ4n) is 2.00. The molecule has 0 saturated carbocycles. The van der Waals surface area contributed by atoms with Crippen LogP contribution in [0.3, 0.4) is 0 Å². The van der Waals surface area contributed by atoms with Crippen LogP contribution in [0.4, 0.5) is 4.39 Å². The van der Waals surface area contributed by atoms with Crippen molar-refractivity contribution < 1.29 is 13.9 Å². The molecular weight excluding hydrogens is 293 g/mol. The van der Waals surface area contributed by atoms with E-state index in [1.54, 1.807) is 18.2 Å². The quantitative estimate of drug-likeness (QED) is 0.862. The molecule has 2 aromatic carbocycles. The molecule has 3 nitrogen and oxygen atoms in total. The van der Waals surface area contributed by atoms with E-state index in [2.05, 4.69) is 17.2 Å². The Labute approximate surface area is 135 Å². The van der Waals surface area contributed by atoms with Crippen LogP contribution >= 0.6 is 0 Å². The summed E-state index contributed by atoms with van der Waals surface area (Å²) in [6.45, 7) is 2.31. The number of hydrogen-bond acceptors (Lipinski definition) is 2. The van der Waals surface area contributed by atoms with Gasteiger partial charge in [-0.25, -0.2) is 4.39 Å². The van der Waals surface area contributed by atoms with Crippen molar-refractivity contribution in [3.05, 3.63) is 65.5 Å². The molecule has 0 bridgehead atoms. The van der Waals surface area contributed by atoms with Gasteiger partial charge in [-0.3, -0.25) is 4.79 Å². The van der Waals surface area contributed by atoms with Gasteiger partial charge >= 0.3 is 0 Å². The Balaban J connectivity index is 1.69. The number of carbonyl (C=O) groups is 1. The van der Waals surface area contributed by atoms with Gasteiger partial charge in [-0.05, 0) is 24.6 Å². The van der Waals surface area contributed by atoms with Gasteiger partial charge in [0.25, 0.3) is 0 Å². The van der Waals surface area contributed by atoms with Crippen molar-refractivity contribution in [2.24, 2.45) is 0 Å². The molecule has 0 fully saturated rings. The van der Waals surface area contributed by atoms with Crippen LogP contribution in [0.2, 0.25) is 0 Å². The molecule has 0 aliphatic rings. The molecule has 4 heteroatoms. The summed E-state index contributed by atoms with van der Waals surface area (Å²) in [6, 6.07) is 14.0. The van der Waals surface area contributed by atoms with E-state index in [1.165, 1.54) is 6.07 Å². The van der Waals surface area contributed by atoms with E-state index in [-0.39, 0.29) is 24.8 Å². The van der Waals surface area contributed by atoms with Crippen LogP contribution in [0.1, 0.15) is 11.1 Å². The molecule has 0 heterocycles. The molecule has 0 unspecified atom stereocenters. The van der Waals surface area contributed by atoms with E-state index in [9.17, 15) is 9.18 Å². The van der Waals surface area contributed by atoms with Crippen molar-refractivity contribution in [3.8, 4) is 17.6 Å². The SMILES string of the molecule is Cc1cccc(CC(=O)NCC#CCOc2ccccc2F)c1. The van der Waals surface area contributed by atoms with Crippen molar-refractivity contribution in [1.82, 2.24) is 5.32 Å². The van der Waals surface area contributed by atoms with Gasteiger partial charge in [0.15, 0.2) is 11.6 Å². The number of aryl methyl sites for hydroxylation is 1. The highest BCUT2D eigenvalue weighted by Crippen LogP contribution is 2.14. The summed E-state index contributed by atoms with van der Waals surface area (Å²) in [6.07, 6.45) is 0.328. The zero-order valence-corrected chi connectivity index (χ0v) is 12.9. The summed E-state index contributed by atoms with van der Waals surface area (Å²) >= 11 is 0. The van der Waals surface area contributed by atoms with E-state index in [0.717, 1.165) is 11.1 Å². The standard InChI is InChI=1S/C19H18FNO2/c1-15-7-6-8-16(13-15)14-19(22)21-11-4-5-12-23-18-10-3-2-9-17(18)20/h2-3,6-10,13H,11-12,14H2,1H3,(H,21,22). The Morgan fingerprint density at radius 3 is 2.78 bits per heavy atom. The van der Waals surface area contributed by atoms with Crippen LogP contribution in [-0.2, 0) is 11.2 Å². The van der Waals surface area contributed by atoms with Crippen molar-refractivity contribution >= 4 is 5.91 Å². The van der Waals surface area contributed by atoms with E-state index in [4.69, 9.17) is 4.74 Å². The lowest BCUT2D eigenvalue weighted by Crippen LogP contribution is -2.25. The molecule has 0 radical (unpaired) electrons. The number of amides is 1. The first-order valence-electron chi connectivity index (χ1n) is 7.30. The molecule has 0 atom stereocenters. The predicted molar refractivity (Wildman–Crippen MR) is 87.6 cm³/mol. The van der Waals surface area contributed by atoms with E-state index < -0.39 is 5.82 Å². The third kappa shape index (κ3) is 5.84. The second-order valence-corrected chi connectivity index (χ2v) is 5.02. The minimum absolute atomic E-state index is 0.0781.